The third-order valence-corrected chi connectivity index (χ3v) is 5.67. The van der Waals surface area contributed by atoms with E-state index in [-0.39, 0.29) is 4.90 Å². The third-order valence-electron chi connectivity index (χ3n) is 2.85. The molecule has 1 unspecified atom stereocenters. The number of benzene rings is 1. The molecule has 0 saturated heterocycles. The van der Waals surface area contributed by atoms with Crippen LogP contribution in [0.25, 0.3) is 0 Å². The van der Waals surface area contributed by atoms with E-state index in [0.29, 0.717) is 11.1 Å². The lowest BCUT2D eigenvalue weighted by molar-refractivity contribution is 0.526. The number of nitrogens with two attached hydrogens (primary N) is 1. The van der Waals surface area contributed by atoms with Gasteiger partial charge in [0.15, 0.2) is 9.84 Å². The highest BCUT2D eigenvalue weighted by Gasteiger charge is 2.29. The van der Waals surface area contributed by atoms with Crippen molar-refractivity contribution in [2.45, 2.75) is 43.5 Å². The normalized spacial score (nSPS) is 15.9. The van der Waals surface area contributed by atoms with Crippen molar-refractivity contribution in [2.75, 3.05) is 6.26 Å². The van der Waals surface area contributed by atoms with Crippen molar-refractivity contribution >= 4 is 21.2 Å². The Bertz CT molecular complexity index is 580. The maximum atomic E-state index is 12.0. The Morgan fingerprint density at radius 3 is 2.35 bits per heavy atom. The molecule has 0 heterocycles. The van der Waals surface area contributed by atoms with E-state index in [9.17, 15) is 13.0 Å². The Morgan fingerprint density at radius 1 is 1.35 bits per heavy atom. The maximum Gasteiger partial charge on any atom is 0.175 e. The van der Waals surface area contributed by atoms with E-state index in [2.05, 4.69) is 4.72 Å². The molecule has 0 saturated carbocycles. The van der Waals surface area contributed by atoms with Gasteiger partial charge in [0.2, 0.25) is 0 Å². The lowest BCUT2D eigenvalue weighted by atomic mass is 10.1. The summed E-state index contributed by atoms with van der Waals surface area (Å²) < 4.78 is 37.8. The van der Waals surface area contributed by atoms with Crippen molar-refractivity contribution in [2.24, 2.45) is 5.73 Å². The molecule has 2 atom stereocenters. The topological polar surface area (TPSA) is 95.2 Å². The van der Waals surface area contributed by atoms with E-state index in [1.54, 1.807) is 25.1 Å². The van der Waals surface area contributed by atoms with Crippen LogP contribution in [-0.4, -0.2) is 24.0 Å². The average Bonchev–Trinajstić information content (AvgIpc) is 2.26. The molecule has 3 N–H and O–H groups in total. The van der Waals surface area contributed by atoms with Crippen LogP contribution in [0.15, 0.2) is 23.1 Å². The molecule has 1 rings (SSSR count). The molecular weight excluding hydrogens is 296 g/mol. The molecule has 0 aliphatic heterocycles. The second kappa shape index (κ2) is 6.03. The van der Waals surface area contributed by atoms with Gasteiger partial charge in [-0.25, -0.2) is 8.42 Å². The van der Waals surface area contributed by atoms with Crippen LogP contribution in [0, 0.1) is 6.92 Å². The van der Waals surface area contributed by atoms with Gasteiger partial charge in [-0.2, -0.15) is 0 Å². The van der Waals surface area contributed by atoms with Gasteiger partial charge in [-0.1, -0.05) is 12.1 Å². The molecule has 0 bridgehead atoms. The van der Waals surface area contributed by atoms with E-state index in [0.717, 1.165) is 6.26 Å². The van der Waals surface area contributed by atoms with Crippen molar-refractivity contribution in [3.8, 4) is 0 Å². The molecule has 1 aromatic carbocycles. The van der Waals surface area contributed by atoms with Crippen LogP contribution in [0.5, 0.6) is 0 Å². The Hall–Kier alpha value is -0.600. The summed E-state index contributed by atoms with van der Waals surface area (Å²) >= 11 is -1.33. The molecule has 7 heteroatoms. The minimum atomic E-state index is -3.31. The van der Waals surface area contributed by atoms with Crippen molar-refractivity contribution in [1.29, 1.82) is 0 Å². The Balaban J connectivity index is 3.10. The summed E-state index contributed by atoms with van der Waals surface area (Å²) in [6.45, 7) is 7.21. The zero-order valence-electron chi connectivity index (χ0n) is 12.4. The summed E-state index contributed by atoms with van der Waals surface area (Å²) in [4.78, 5) is 0.244. The highest BCUT2D eigenvalue weighted by Crippen LogP contribution is 2.24. The van der Waals surface area contributed by atoms with Gasteiger partial charge in [-0.3, -0.25) is 0 Å². The van der Waals surface area contributed by atoms with Crippen LogP contribution in [0.4, 0.5) is 0 Å². The second-order valence-corrected chi connectivity index (χ2v) is 9.70. The summed E-state index contributed by atoms with van der Waals surface area (Å²) in [7, 11) is -3.31. The Kier molecular flexibility index (Phi) is 5.26. The van der Waals surface area contributed by atoms with Crippen LogP contribution >= 0.6 is 0 Å². The molecule has 0 aromatic heterocycles. The van der Waals surface area contributed by atoms with Crippen LogP contribution < -0.4 is 10.5 Å². The number of hydrogen-bond donors (Lipinski definition) is 2. The third kappa shape index (κ3) is 4.20. The molecule has 0 spiro atoms. The molecule has 5 nitrogen and oxygen atoms in total. The average molecular weight is 318 g/mol. The van der Waals surface area contributed by atoms with Gasteiger partial charge in [0, 0.05) is 17.6 Å². The first-order valence-corrected chi connectivity index (χ1v) is 9.22. The van der Waals surface area contributed by atoms with Gasteiger partial charge in [-0.05, 0) is 44.9 Å². The largest absolute Gasteiger partial charge is 0.598 e. The number of nitrogens with one attached hydrogen (secondary N) is 1. The van der Waals surface area contributed by atoms with Crippen molar-refractivity contribution in [3.63, 3.8) is 0 Å². The highest BCUT2D eigenvalue weighted by molar-refractivity contribution is 7.91. The number of hydrogen-bond acceptors (Lipinski definition) is 5. The smallest absolute Gasteiger partial charge is 0.175 e. The number of rotatable bonds is 4. The van der Waals surface area contributed by atoms with Gasteiger partial charge in [0.1, 0.15) is 10.9 Å². The first kappa shape index (κ1) is 17.5. The predicted octanol–water partition coefficient (Wildman–Crippen LogP) is 1.41. The van der Waals surface area contributed by atoms with Crippen molar-refractivity contribution < 1.29 is 13.0 Å². The summed E-state index contributed by atoms with van der Waals surface area (Å²) in [6.07, 6.45) is 0.475. The highest BCUT2D eigenvalue weighted by atomic mass is 32.2. The minimum absolute atomic E-state index is 0.244. The molecule has 0 aliphatic carbocycles. The monoisotopic (exact) mass is 318 g/mol. The number of sulfone groups is 1. The molecule has 0 aliphatic rings. The van der Waals surface area contributed by atoms with Gasteiger partial charge in [-0.15, -0.1) is 4.72 Å². The van der Waals surface area contributed by atoms with Crippen LogP contribution in [0.3, 0.4) is 0 Å². The van der Waals surface area contributed by atoms with Gasteiger partial charge in [0.05, 0.1) is 4.90 Å². The fraction of sp³-hybridized carbons (Fsp3) is 0.538. The van der Waals surface area contributed by atoms with E-state index < -0.39 is 32.1 Å². The lowest BCUT2D eigenvalue weighted by Crippen LogP contribution is -2.44. The van der Waals surface area contributed by atoms with Crippen LogP contribution in [-0.2, 0) is 21.2 Å². The fourth-order valence-corrected chi connectivity index (χ4v) is 3.44. The van der Waals surface area contributed by atoms with Gasteiger partial charge >= 0.3 is 0 Å². The second-order valence-electron chi connectivity index (χ2n) is 5.72. The van der Waals surface area contributed by atoms with Gasteiger partial charge < -0.3 is 10.3 Å². The zero-order chi connectivity index (χ0) is 15.7. The van der Waals surface area contributed by atoms with Crippen molar-refractivity contribution in [3.05, 3.63) is 29.3 Å². The molecule has 114 valence electrons. The SMILES string of the molecule is Cc1c([C@@H](N)N[S+]([O-])C(C)(C)C)cccc1S(C)(=O)=O. The summed E-state index contributed by atoms with van der Waals surface area (Å²) in [6, 6.07) is 4.92. The summed E-state index contributed by atoms with van der Waals surface area (Å²) in [5, 5.41) is 0. The molecule has 0 amide bonds. The predicted molar refractivity (Wildman–Crippen MR) is 82.2 cm³/mol. The van der Waals surface area contributed by atoms with E-state index in [1.807, 2.05) is 20.8 Å². The zero-order valence-corrected chi connectivity index (χ0v) is 14.1. The van der Waals surface area contributed by atoms with Crippen LogP contribution in [0.2, 0.25) is 0 Å². The van der Waals surface area contributed by atoms with E-state index >= 15 is 0 Å². The molecule has 0 radical (unpaired) electrons. The molecule has 0 fully saturated rings. The fourth-order valence-electron chi connectivity index (χ4n) is 1.73. The van der Waals surface area contributed by atoms with E-state index in [1.165, 1.54) is 0 Å². The maximum absolute atomic E-state index is 12.0. The van der Waals surface area contributed by atoms with Crippen molar-refractivity contribution in [1.82, 2.24) is 4.72 Å². The first-order valence-electron chi connectivity index (χ1n) is 6.18. The molecular formula is C13H22N2O3S2. The van der Waals surface area contributed by atoms with Crippen LogP contribution in [0.1, 0.15) is 38.1 Å². The van der Waals surface area contributed by atoms with Gasteiger partial charge in [0.25, 0.3) is 0 Å². The standard InChI is InChI=1S/C13H22N2O3S2/c1-9-10(7-6-8-11(9)20(5,17)18)12(14)15-19(16)13(2,3)4/h6-8,12,15H,14H2,1-5H3/t12-,19?/m0/s1. The quantitative estimate of drug-likeness (QED) is 0.646. The van der Waals surface area contributed by atoms with E-state index in [4.69, 9.17) is 5.73 Å². The molecule has 1 aromatic rings. The summed E-state index contributed by atoms with van der Waals surface area (Å²) in [5.74, 6) is 0. The first-order chi connectivity index (χ1) is 8.94. The lowest BCUT2D eigenvalue weighted by Gasteiger charge is -2.27. The molecule has 20 heavy (non-hydrogen) atoms. The Morgan fingerprint density at radius 2 is 1.90 bits per heavy atom. The summed E-state index contributed by atoms with van der Waals surface area (Å²) in [5.41, 5.74) is 7.22. The minimum Gasteiger partial charge on any atom is -0.598 e. The Labute approximate surface area is 124 Å².